The number of hydrogen-bond donors (Lipinski definition) is 2. The first-order chi connectivity index (χ1) is 11.7. The zero-order chi connectivity index (χ0) is 17.2. The first-order valence-electron chi connectivity index (χ1n) is 8.50. The SMILES string of the molecule is CCCCOc1ccccc1NC(=O)CNC(C)c1ccccc1. The van der Waals surface area contributed by atoms with Crippen molar-refractivity contribution in [3.63, 3.8) is 0 Å². The maximum atomic E-state index is 12.2. The van der Waals surface area contributed by atoms with E-state index in [1.807, 2.05) is 61.5 Å². The Morgan fingerprint density at radius 2 is 1.79 bits per heavy atom. The number of para-hydroxylation sites is 2. The van der Waals surface area contributed by atoms with Gasteiger partial charge in [0.1, 0.15) is 5.75 Å². The molecule has 0 saturated heterocycles. The lowest BCUT2D eigenvalue weighted by atomic mass is 10.1. The Hall–Kier alpha value is -2.33. The molecular formula is C20H26N2O2. The molecular weight excluding hydrogens is 300 g/mol. The molecule has 1 atom stereocenters. The molecule has 0 aliphatic heterocycles. The Morgan fingerprint density at radius 1 is 1.08 bits per heavy atom. The summed E-state index contributed by atoms with van der Waals surface area (Å²) in [6.45, 7) is 5.08. The first kappa shape index (κ1) is 18.0. The second kappa shape index (κ2) is 9.73. The van der Waals surface area contributed by atoms with Crippen LogP contribution in [0.4, 0.5) is 5.69 Å². The molecule has 2 N–H and O–H groups in total. The van der Waals surface area contributed by atoms with Crippen molar-refractivity contribution >= 4 is 11.6 Å². The highest BCUT2D eigenvalue weighted by molar-refractivity contribution is 5.93. The van der Waals surface area contributed by atoms with Crippen LogP contribution in [0.2, 0.25) is 0 Å². The molecule has 0 aliphatic carbocycles. The Kier molecular flexibility index (Phi) is 7.30. The van der Waals surface area contributed by atoms with E-state index in [1.54, 1.807) is 0 Å². The average molecular weight is 326 g/mol. The van der Waals surface area contributed by atoms with Gasteiger partial charge in [-0.3, -0.25) is 4.79 Å². The standard InChI is InChI=1S/C20H26N2O2/c1-3-4-14-24-19-13-9-8-12-18(19)22-20(23)15-21-16(2)17-10-6-5-7-11-17/h5-13,16,21H,3-4,14-15H2,1-2H3,(H,22,23). The first-order valence-corrected chi connectivity index (χ1v) is 8.50. The number of carbonyl (C=O) groups is 1. The van der Waals surface area contributed by atoms with Gasteiger partial charge in [0, 0.05) is 6.04 Å². The minimum Gasteiger partial charge on any atom is -0.491 e. The summed E-state index contributed by atoms with van der Waals surface area (Å²) in [5.74, 6) is 0.639. The van der Waals surface area contributed by atoms with Crippen LogP contribution >= 0.6 is 0 Å². The van der Waals surface area contributed by atoms with Crippen LogP contribution in [0.5, 0.6) is 5.75 Å². The minimum absolute atomic E-state index is 0.0793. The highest BCUT2D eigenvalue weighted by Crippen LogP contribution is 2.23. The Morgan fingerprint density at radius 3 is 2.54 bits per heavy atom. The number of nitrogens with one attached hydrogen (secondary N) is 2. The van der Waals surface area contributed by atoms with Crippen LogP contribution in [-0.2, 0) is 4.79 Å². The Labute approximate surface area is 144 Å². The van der Waals surface area contributed by atoms with Gasteiger partial charge in [0.15, 0.2) is 0 Å². The Balaban J connectivity index is 1.86. The second-order valence-electron chi connectivity index (χ2n) is 5.76. The molecule has 0 bridgehead atoms. The molecule has 0 spiro atoms. The molecule has 0 aromatic heterocycles. The number of carbonyl (C=O) groups excluding carboxylic acids is 1. The third-order valence-corrected chi connectivity index (χ3v) is 3.78. The van der Waals surface area contributed by atoms with Gasteiger partial charge in [-0.1, -0.05) is 55.8 Å². The molecule has 1 amide bonds. The molecule has 0 saturated carbocycles. The molecule has 0 heterocycles. The van der Waals surface area contributed by atoms with Gasteiger partial charge in [-0.15, -0.1) is 0 Å². The number of ether oxygens (including phenoxy) is 1. The fraction of sp³-hybridized carbons (Fsp3) is 0.350. The van der Waals surface area contributed by atoms with Gasteiger partial charge in [0.25, 0.3) is 0 Å². The summed E-state index contributed by atoms with van der Waals surface area (Å²) in [5.41, 5.74) is 1.88. The van der Waals surface area contributed by atoms with Crippen LogP contribution in [0.3, 0.4) is 0 Å². The maximum Gasteiger partial charge on any atom is 0.238 e. The third kappa shape index (κ3) is 5.70. The summed E-state index contributed by atoms with van der Waals surface area (Å²) < 4.78 is 5.74. The highest BCUT2D eigenvalue weighted by Gasteiger charge is 2.10. The van der Waals surface area contributed by atoms with Crippen LogP contribution in [0.15, 0.2) is 54.6 Å². The van der Waals surface area contributed by atoms with Crippen LogP contribution in [0.1, 0.15) is 38.3 Å². The van der Waals surface area contributed by atoms with E-state index in [4.69, 9.17) is 4.74 Å². The monoisotopic (exact) mass is 326 g/mol. The van der Waals surface area contributed by atoms with Gasteiger partial charge in [-0.05, 0) is 31.0 Å². The summed E-state index contributed by atoms with van der Waals surface area (Å²) in [5, 5.41) is 6.16. The van der Waals surface area contributed by atoms with Crippen molar-refractivity contribution in [2.45, 2.75) is 32.7 Å². The van der Waals surface area contributed by atoms with Crippen LogP contribution in [0.25, 0.3) is 0 Å². The Bertz CT molecular complexity index is 629. The van der Waals surface area contributed by atoms with E-state index in [2.05, 4.69) is 17.6 Å². The molecule has 4 nitrogen and oxygen atoms in total. The fourth-order valence-corrected chi connectivity index (χ4v) is 2.32. The van der Waals surface area contributed by atoms with E-state index in [9.17, 15) is 4.79 Å². The molecule has 2 aromatic rings. The van der Waals surface area contributed by atoms with E-state index >= 15 is 0 Å². The maximum absolute atomic E-state index is 12.2. The molecule has 128 valence electrons. The molecule has 0 aliphatic rings. The lowest BCUT2D eigenvalue weighted by molar-refractivity contribution is -0.115. The molecule has 0 radical (unpaired) electrons. The van der Waals surface area contributed by atoms with Crippen molar-refractivity contribution in [2.75, 3.05) is 18.5 Å². The normalized spacial score (nSPS) is 11.8. The number of benzene rings is 2. The van der Waals surface area contributed by atoms with Crippen molar-refractivity contribution in [1.29, 1.82) is 0 Å². The number of rotatable bonds is 9. The summed E-state index contributed by atoms with van der Waals surface area (Å²) >= 11 is 0. The summed E-state index contributed by atoms with van der Waals surface area (Å²) in [6.07, 6.45) is 2.08. The summed E-state index contributed by atoms with van der Waals surface area (Å²) in [4.78, 5) is 12.2. The average Bonchev–Trinajstić information content (AvgIpc) is 2.62. The zero-order valence-electron chi connectivity index (χ0n) is 14.4. The van der Waals surface area contributed by atoms with Gasteiger partial charge in [-0.2, -0.15) is 0 Å². The van der Waals surface area contributed by atoms with Crippen molar-refractivity contribution in [3.05, 3.63) is 60.2 Å². The molecule has 24 heavy (non-hydrogen) atoms. The molecule has 0 fully saturated rings. The number of unbranched alkanes of at least 4 members (excludes halogenated alkanes) is 1. The smallest absolute Gasteiger partial charge is 0.238 e. The highest BCUT2D eigenvalue weighted by atomic mass is 16.5. The third-order valence-electron chi connectivity index (χ3n) is 3.78. The van der Waals surface area contributed by atoms with Gasteiger partial charge < -0.3 is 15.4 Å². The summed E-state index contributed by atoms with van der Waals surface area (Å²) in [7, 11) is 0. The fourth-order valence-electron chi connectivity index (χ4n) is 2.32. The molecule has 1 unspecified atom stereocenters. The summed E-state index contributed by atoms with van der Waals surface area (Å²) in [6, 6.07) is 17.7. The molecule has 4 heteroatoms. The van der Waals surface area contributed by atoms with E-state index in [0.717, 1.165) is 24.2 Å². The largest absolute Gasteiger partial charge is 0.491 e. The van der Waals surface area contributed by atoms with Gasteiger partial charge in [0.05, 0.1) is 18.8 Å². The van der Waals surface area contributed by atoms with Gasteiger partial charge in [-0.25, -0.2) is 0 Å². The predicted molar refractivity (Wildman–Crippen MR) is 98.3 cm³/mol. The van der Waals surface area contributed by atoms with Crippen molar-refractivity contribution in [3.8, 4) is 5.75 Å². The van der Waals surface area contributed by atoms with E-state index in [-0.39, 0.29) is 18.5 Å². The zero-order valence-corrected chi connectivity index (χ0v) is 14.4. The van der Waals surface area contributed by atoms with Crippen molar-refractivity contribution < 1.29 is 9.53 Å². The van der Waals surface area contributed by atoms with Gasteiger partial charge >= 0.3 is 0 Å². The van der Waals surface area contributed by atoms with E-state index in [0.29, 0.717) is 12.3 Å². The lowest BCUT2D eigenvalue weighted by Crippen LogP contribution is -2.30. The van der Waals surface area contributed by atoms with Crippen LogP contribution in [0, 0.1) is 0 Å². The molecule has 2 aromatic carbocycles. The number of amides is 1. The minimum atomic E-state index is -0.0793. The van der Waals surface area contributed by atoms with Crippen LogP contribution in [-0.4, -0.2) is 19.1 Å². The van der Waals surface area contributed by atoms with Crippen molar-refractivity contribution in [1.82, 2.24) is 5.32 Å². The topological polar surface area (TPSA) is 50.4 Å². The quantitative estimate of drug-likeness (QED) is 0.681. The van der Waals surface area contributed by atoms with Crippen LogP contribution < -0.4 is 15.4 Å². The predicted octanol–water partition coefficient (Wildman–Crippen LogP) is 4.15. The van der Waals surface area contributed by atoms with E-state index < -0.39 is 0 Å². The van der Waals surface area contributed by atoms with Gasteiger partial charge in [0.2, 0.25) is 5.91 Å². The van der Waals surface area contributed by atoms with Crippen molar-refractivity contribution in [2.24, 2.45) is 0 Å². The second-order valence-corrected chi connectivity index (χ2v) is 5.76. The molecule has 2 rings (SSSR count). The number of hydrogen-bond acceptors (Lipinski definition) is 3. The lowest BCUT2D eigenvalue weighted by Gasteiger charge is -2.15. The van der Waals surface area contributed by atoms with E-state index in [1.165, 1.54) is 0 Å². The number of anilines is 1.